The second-order valence-corrected chi connectivity index (χ2v) is 6.73. The number of aryl methyl sites for hydroxylation is 3. The van der Waals surface area contributed by atoms with Crippen molar-refractivity contribution >= 4 is 17.2 Å². The van der Waals surface area contributed by atoms with Gasteiger partial charge in [0.2, 0.25) is 0 Å². The zero-order valence-corrected chi connectivity index (χ0v) is 15.5. The molecule has 2 aromatic heterocycles. The minimum absolute atomic E-state index is 0.0968. The van der Waals surface area contributed by atoms with E-state index >= 15 is 0 Å². The van der Waals surface area contributed by atoms with Crippen molar-refractivity contribution in [2.75, 3.05) is 0 Å². The SMILES string of the molecule is Cc1ccc(C)c(-c2nc3ccc(C)cn3c2N=Nc2ccccc2O)c1. The van der Waals surface area contributed by atoms with Crippen LogP contribution in [0.4, 0.5) is 11.5 Å². The monoisotopic (exact) mass is 356 g/mol. The Labute approximate surface area is 157 Å². The maximum absolute atomic E-state index is 9.99. The fourth-order valence-corrected chi connectivity index (χ4v) is 3.06. The van der Waals surface area contributed by atoms with Crippen LogP contribution < -0.4 is 0 Å². The van der Waals surface area contributed by atoms with E-state index in [1.165, 1.54) is 0 Å². The number of rotatable bonds is 3. The quantitative estimate of drug-likeness (QED) is 0.454. The molecule has 0 atom stereocenters. The van der Waals surface area contributed by atoms with E-state index in [2.05, 4.69) is 42.3 Å². The number of para-hydroxylation sites is 1. The van der Waals surface area contributed by atoms with Crippen LogP contribution >= 0.6 is 0 Å². The Kier molecular flexibility index (Phi) is 4.20. The maximum atomic E-state index is 9.99. The molecule has 0 fully saturated rings. The number of benzene rings is 2. The maximum Gasteiger partial charge on any atom is 0.187 e. The van der Waals surface area contributed by atoms with Crippen molar-refractivity contribution in [3.63, 3.8) is 0 Å². The van der Waals surface area contributed by atoms with E-state index in [-0.39, 0.29) is 5.75 Å². The van der Waals surface area contributed by atoms with E-state index in [1.54, 1.807) is 18.2 Å². The molecular weight excluding hydrogens is 336 g/mol. The van der Waals surface area contributed by atoms with Crippen molar-refractivity contribution in [1.82, 2.24) is 9.38 Å². The van der Waals surface area contributed by atoms with Crippen molar-refractivity contribution in [2.45, 2.75) is 20.8 Å². The molecule has 4 rings (SSSR count). The highest BCUT2D eigenvalue weighted by molar-refractivity contribution is 5.77. The summed E-state index contributed by atoms with van der Waals surface area (Å²) >= 11 is 0. The average Bonchev–Trinajstić information content (AvgIpc) is 3.00. The molecule has 2 aromatic carbocycles. The summed E-state index contributed by atoms with van der Waals surface area (Å²) in [6.07, 6.45) is 2.00. The number of hydrogen-bond donors (Lipinski definition) is 1. The zero-order chi connectivity index (χ0) is 19.0. The largest absolute Gasteiger partial charge is 0.506 e. The van der Waals surface area contributed by atoms with Gasteiger partial charge in [-0.25, -0.2) is 4.98 Å². The number of hydrogen-bond acceptors (Lipinski definition) is 4. The summed E-state index contributed by atoms with van der Waals surface area (Å²) in [5.41, 5.74) is 6.43. The van der Waals surface area contributed by atoms with E-state index in [9.17, 15) is 5.11 Å². The van der Waals surface area contributed by atoms with Gasteiger partial charge in [-0.3, -0.25) is 4.40 Å². The van der Waals surface area contributed by atoms with E-state index in [0.29, 0.717) is 11.5 Å². The molecule has 4 aromatic rings. The van der Waals surface area contributed by atoms with Gasteiger partial charge in [0.05, 0.1) is 0 Å². The molecule has 0 bridgehead atoms. The highest BCUT2D eigenvalue weighted by Gasteiger charge is 2.16. The molecule has 5 heteroatoms. The van der Waals surface area contributed by atoms with Crippen molar-refractivity contribution < 1.29 is 5.11 Å². The van der Waals surface area contributed by atoms with Gasteiger partial charge in [-0.2, -0.15) is 0 Å². The molecule has 134 valence electrons. The van der Waals surface area contributed by atoms with Gasteiger partial charge >= 0.3 is 0 Å². The third-order valence-electron chi connectivity index (χ3n) is 4.52. The number of azo groups is 1. The number of aromatic nitrogens is 2. The summed E-state index contributed by atoms with van der Waals surface area (Å²) in [6, 6.07) is 17.2. The Balaban J connectivity index is 1.95. The molecule has 5 nitrogen and oxygen atoms in total. The fourth-order valence-electron chi connectivity index (χ4n) is 3.06. The summed E-state index contributed by atoms with van der Waals surface area (Å²) in [5.74, 6) is 0.741. The first-order valence-electron chi connectivity index (χ1n) is 8.79. The van der Waals surface area contributed by atoms with Crippen molar-refractivity contribution in [3.05, 3.63) is 77.5 Å². The lowest BCUT2D eigenvalue weighted by Crippen LogP contribution is -1.86. The van der Waals surface area contributed by atoms with Crippen molar-refractivity contribution in [1.29, 1.82) is 0 Å². The van der Waals surface area contributed by atoms with Crippen LogP contribution in [0.15, 0.2) is 71.0 Å². The van der Waals surface area contributed by atoms with Crippen LogP contribution in [0.2, 0.25) is 0 Å². The summed E-state index contributed by atoms with van der Waals surface area (Å²) in [5, 5.41) is 18.7. The molecule has 0 radical (unpaired) electrons. The number of imidazole rings is 1. The van der Waals surface area contributed by atoms with Gasteiger partial charge in [-0.15, -0.1) is 10.2 Å². The summed E-state index contributed by atoms with van der Waals surface area (Å²) < 4.78 is 1.94. The lowest BCUT2D eigenvalue weighted by atomic mass is 10.0. The number of fused-ring (bicyclic) bond motifs is 1. The smallest absolute Gasteiger partial charge is 0.187 e. The first-order valence-corrected chi connectivity index (χ1v) is 8.79. The van der Waals surface area contributed by atoms with Gasteiger partial charge in [0.25, 0.3) is 0 Å². The molecule has 0 saturated heterocycles. The van der Waals surface area contributed by atoms with Crippen molar-refractivity contribution in [3.8, 4) is 17.0 Å². The molecule has 0 aliphatic heterocycles. The Morgan fingerprint density at radius 1 is 0.889 bits per heavy atom. The molecular formula is C22H20N4O. The van der Waals surface area contributed by atoms with Gasteiger partial charge in [0, 0.05) is 11.8 Å². The minimum atomic E-state index is 0.0968. The topological polar surface area (TPSA) is 62.2 Å². The van der Waals surface area contributed by atoms with Crippen LogP contribution in [0.5, 0.6) is 5.75 Å². The van der Waals surface area contributed by atoms with Crippen LogP contribution in [0, 0.1) is 20.8 Å². The first-order chi connectivity index (χ1) is 13.0. The van der Waals surface area contributed by atoms with E-state index in [4.69, 9.17) is 4.98 Å². The van der Waals surface area contributed by atoms with Gasteiger partial charge < -0.3 is 5.11 Å². The van der Waals surface area contributed by atoms with Crippen LogP contribution in [0.25, 0.3) is 16.9 Å². The number of phenolic OH excluding ortho intramolecular Hbond substituents is 1. The highest BCUT2D eigenvalue weighted by atomic mass is 16.3. The Morgan fingerprint density at radius 2 is 1.67 bits per heavy atom. The predicted octanol–water partition coefficient (Wildman–Crippen LogP) is 6.05. The normalized spacial score (nSPS) is 11.5. The number of aromatic hydroxyl groups is 1. The van der Waals surface area contributed by atoms with Gasteiger partial charge in [-0.1, -0.05) is 35.9 Å². The van der Waals surface area contributed by atoms with Crippen molar-refractivity contribution in [2.24, 2.45) is 10.2 Å². The van der Waals surface area contributed by atoms with Crippen LogP contribution in [-0.2, 0) is 0 Å². The highest BCUT2D eigenvalue weighted by Crippen LogP contribution is 2.35. The molecule has 0 unspecified atom stereocenters. The molecule has 0 spiro atoms. The fraction of sp³-hybridized carbons (Fsp3) is 0.136. The third-order valence-corrected chi connectivity index (χ3v) is 4.52. The third kappa shape index (κ3) is 3.19. The molecule has 0 saturated carbocycles. The Morgan fingerprint density at radius 3 is 2.48 bits per heavy atom. The Bertz CT molecular complexity index is 1170. The Hall–Kier alpha value is -3.47. The summed E-state index contributed by atoms with van der Waals surface area (Å²) in [4.78, 5) is 4.81. The van der Waals surface area contributed by atoms with Gasteiger partial charge in [0.1, 0.15) is 22.8 Å². The number of phenols is 1. The van der Waals surface area contributed by atoms with Crippen LogP contribution in [-0.4, -0.2) is 14.5 Å². The summed E-state index contributed by atoms with van der Waals surface area (Å²) in [6.45, 7) is 6.15. The molecule has 27 heavy (non-hydrogen) atoms. The number of nitrogens with zero attached hydrogens (tertiary/aromatic N) is 4. The molecule has 2 heterocycles. The van der Waals surface area contributed by atoms with E-state index in [0.717, 1.165) is 33.6 Å². The van der Waals surface area contributed by atoms with Crippen LogP contribution in [0.3, 0.4) is 0 Å². The standard InChI is InChI=1S/C22H20N4O/c1-14-8-10-16(3)17(12-14)21-22(25-24-18-6-4-5-7-19(18)27)26-13-15(2)9-11-20(26)23-21/h4-13,27H,1-3H3. The lowest BCUT2D eigenvalue weighted by Gasteiger charge is -2.05. The molecule has 0 aliphatic rings. The second-order valence-electron chi connectivity index (χ2n) is 6.73. The van der Waals surface area contributed by atoms with Gasteiger partial charge in [-0.05, 0) is 56.2 Å². The zero-order valence-electron chi connectivity index (χ0n) is 15.5. The van der Waals surface area contributed by atoms with E-state index in [1.807, 2.05) is 35.7 Å². The molecule has 0 amide bonds. The minimum Gasteiger partial charge on any atom is -0.506 e. The molecule has 1 N–H and O–H groups in total. The number of pyridine rings is 1. The average molecular weight is 356 g/mol. The van der Waals surface area contributed by atoms with Gasteiger partial charge in [0.15, 0.2) is 5.82 Å². The van der Waals surface area contributed by atoms with Crippen LogP contribution in [0.1, 0.15) is 16.7 Å². The lowest BCUT2D eigenvalue weighted by molar-refractivity contribution is 0.476. The molecule has 0 aliphatic carbocycles. The predicted molar refractivity (Wildman–Crippen MR) is 107 cm³/mol. The second kappa shape index (κ2) is 6.68. The van der Waals surface area contributed by atoms with E-state index < -0.39 is 0 Å². The first kappa shape index (κ1) is 17.0. The summed E-state index contributed by atoms with van der Waals surface area (Å²) in [7, 11) is 0.